The van der Waals surface area contributed by atoms with E-state index in [0.717, 1.165) is 0 Å². The Kier molecular flexibility index (Phi) is 13.9. The van der Waals surface area contributed by atoms with Gasteiger partial charge in [-0.2, -0.15) is 0 Å². The Hall–Kier alpha value is -1.19. The lowest BCUT2D eigenvalue weighted by atomic mass is 11.0. The van der Waals surface area contributed by atoms with Gasteiger partial charge in [-0.25, -0.2) is 18.4 Å². The Labute approximate surface area is 98.5 Å². The largest absolute Gasteiger partial charge is 0.351 e. The molecule has 3 N–H and O–H groups in total. The first-order chi connectivity index (χ1) is 6.73. The third-order valence-electron chi connectivity index (χ3n) is 0.812. The van der Waals surface area contributed by atoms with E-state index in [1.807, 2.05) is 0 Å². The fourth-order valence-corrected chi connectivity index (χ4v) is 0.430. The van der Waals surface area contributed by atoms with Crippen LogP contribution < -0.4 is 0 Å². The minimum atomic E-state index is -3.12. The van der Waals surface area contributed by atoms with E-state index in [4.69, 9.17) is 13.0 Å². The van der Waals surface area contributed by atoms with Gasteiger partial charge in [0.15, 0.2) is 0 Å². The van der Waals surface area contributed by atoms with Crippen LogP contribution in [0.3, 0.4) is 0 Å². The Morgan fingerprint density at radius 1 is 1.00 bits per heavy atom. The topological polar surface area (TPSA) is 112 Å². The predicted molar refractivity (Wildman–Crippen MR) is 60.4 cm³/mol. The molecule has 0 saturated carbocycles. The molecular formula is C6H11BrN4O3S. The molecule has 15 heavy (non-hydrogen) atoms. The van der Waals surface area contributed by atoms with Gasteiger partial charge in [-0.1, -0.05) is 0 Å². The van der Waals surface area contributed by atoms with Crippen LogP contribution in [0.15, 0.2) is 37.4 Å². The molecule has 0 unspecified atom stereocenters. The molecule has 2 aromatic heterocycles. The van der Waals surface area contributed by atoms with Gasteiger partial charge in [0.1, 0.15) is 0 Å². The van der Waals surface area contributed by atoms with E-state index >= 15 is 0 Å². The van der Waals surface area contributed by atoms with Gasteiger partial charge >= 0.3 is 0 Å². The van der Waals surface area contributed by atoms with Gasteiger partial charge in [0.05, 0.1) is 12.7 Å². The van der Waals surface area contributed by atoms with Crippen LogP contribution in [0.1, 0.15) is 0 Å². The molecule has 0 atom stereocenters. The Morgan fingerprint density at radius 3 is 1.40 bits per heavy atom. The Morgan fingerprint density at radius 2 is 1.33 bits per heavy atom. The van der Waals surface area contributed by atoms with Crippen LogP contribution in [0.5, 0.6) is 0 Å². The van der Waals surface area contributed by atoms with Crippen molar-refractivity contribution >= 4 is 28.0 Å². The molecule has 2 heterocycles. The lowest BCUT2D eigenvalue weighted by Crippen LogP contribution is -1.58. The number of nitrogens with zero attached hydrogens (tertiary/aromatic N) is 2. The average Bonchev–Trinajstić information content (AvgIpc) is 2.83. The highest BCUT2D eigenvalue weighted by Crippen LogP contribution is 1.63. The van der Waals surface area contributed by atoms with Gasteiger partial charge in [0.2, 0.25) is 0 Å². The number of thiol groups is 1. The minimum Gasteiger partial charge on any atom is -0.351 e. The number of halogens is 1. The summed E-state index contributed by atoms with van der Waals surface area (Å²) in [5.41, 5.74) is 0. The van der Waals surface area contributed by atoms with Crippen molar-refractivity contribution < 1.29 is 13.0 Å². The fraction of sp³-hybridized carbons (Fsp3) is 0. The molecule has 0 aliphatic carbocycles. The zero-order valence-electron chi connectivity index (χ0n) is 7.48. The monoisotopic (exact) mass is 298 g/mol. The molecule has 2 rings (SSSR count). The molecule has 0 saturated heterocycles. The van der Waals surface area contributed by atoms with Gasteiger partial charge in [-0.3, -0.25) is 4.55 Å². The van der Waals surface area contributed by atoms with Crippen molar-refractivity contribution in [3.8, 4) is 0 Å². The van der Waals surface area contributed by atoms with Gasteiger partial charge in [0.25, 0.3) is 11.0 Å². The second-order valence-electron chi connectivity index (χ2n) is 1.76. The van der Waals surface area contributed by atoms with Crippen molar-refractivity contribution in [2.75, 3.05) is 0 Å². The molecule has 0 fully saturated rings. The van der Waals surface area contributed by atoms with E-state index in [0.29, 0.717) is 0 Å². The summed E-state index contributed by atoms with van der Waals surface area (Å²) < 4.78 is 24.2. The van der Waals surface area contributed by atoms with E-state index < -0.39 is 11.0 Å². The summed E-state index contributed by atoms with van der Waals surface area (Å²) in [5.74, 6) is 0. The number of aromatic amines is 2. The van der Waals surface area contributed by atoms with Crippen molar-refractivity contribution in [3.63, 3.8) is 0 Å². The molecule has 0 spiro atoms. The molecule has 0 amide bonds. The summed E-state index contributed by atoms with van der Waals surface area (Å²) in [6.07, 6.45) is 10.2. The first-order valence-electron chi connectivity index (χ1n) is 3.42. The number of imidazole rings is 2. The summed E-state index contributed by atoms with van der Waals surface area (Å²) >= 11 is 0. The highest BCUT2D eigenvalue weighted by Gasteiger charge is 1.56. The Balaban J connectivity index is 0. The van der Waals surface area contributed by atoms with Crippen LogP contribution in [0, 0.1) is 0 Å². The highest BCUT2D eigenvalue weighted by molar-refractivity contribution is 8.93. The van der Waals surface area contributed by atoms with Crippen LogP contribution in [-0.2, 0) is 11.0 Å². The zero-order valence-corrected chi connectivity index (χ0v) is 10.1. The number of aromatic nitrogens is 4. The average molecular weight is 299 g/mol. The fourth-order valence-electron chi connectivity index (χ4n) is 0.430. The van der Waals surface area contributed by atoms with E-state index in [2.05, 4.69) is 19.9 Å². The second kappa shape index (κ2) is 12.8. The van der Waals surface area contributed by atoms with E-state index in [1.165, 1.54) is 0 Å². The normalized spacial score (nSPS) is 7.60. The molecule has 2 aromatic rings. The molecule has 0 aliphatic heterocycles. The maximum atomic E-state index is 8.59. The van der Waals surface area contributed by atoms with E-state index in [1.54, 1.807) is 37.4 Å². The van der Waals surface area contributed by atoms with Gasteiger partial charge < -0.3 is 9.97 Å². The maximum Gasteiger partial charge on any atom is 0.254 e. The van der Waals surface area contributed by atoms with Crippen LogP contribution in [0.4, 0.5) is 0 Å². The maximum absolute atomic E-state index is 8.59. The van der Waals surface area contributed by atoms with E-state index in [9.17, 15) is 0 Å². The standard InChI is InChI=1S/2C3H4N2.BrH.H2O3S/c2*1-2-5-3-4-1;;1-4(2)3/h2*1-3H,(H,4,5);1H;4H,(H,1,2,3). The molecule has 7 nitrogen and oxygen atoms in total. The molecular weight excluding hydrogens is 288 g/mol. The van der Waals surface area contributed by atoms with Crippen molar-refractivity contribution in [2.24, 2.45) is 0 Å². The first kappa shape index (κ1) is 16.2. The zero-order chi connectivity index (χ0) is 10.6. The highest BCUT2D eigenvalue weighted by atomic mass is 79.9. The molecule has 86 valence electrons. The molecule has 0 bridgehead atoms. The van der Waals surface area contributed by atoms with Crippen LogP contribution in [0.25, 0.3) is 0 Å². The Bertz CT molecular complexity index is 280. The number of rotatable bonds is 0. The lowest BCUT2D eigenvalue weighted by molar-refractivity contribution is 0.509. The quantitative estimate of drug-likeness (QED) is 0.417. The van der Waals surface area contributed by atoms with Gasteiger partial charge in [-0.05, 0) is 0 Å². The van der Waals surface area contributed by atoms with Crippen molar-refractivity contribution in [2.45, 2.75) is 0 Å². The van der Waals surface area contributed by atoms with Crippen molar-refractivity contribution in [1.82, 2.24) is 19.9 Å². The van der Waals surface area contributed by atoms with Gasteiger partial charge in [-0.15, -0.1) is 17.0 Å². The number of nitrogens with one attached hydrogen (secondary N) is 2. The van der Waals surface area contributed by atoms with E-state index in [-0.39, 0.29) is 17.0 Å². The summed E-state index contributed by atoms with van der Waals surface area (Å²) in [5, 5.41) is 0. The van der Waals surface area contributed by atoms with Crippen molar-refractivity contribution in [1.29, 1.82) is 0 Å². The second-order valence-corrected chi connectivity index (χ2v) is 2.23. The summed E-state index contributed by atoms with van der Waals surface area (Å²) in [7, 11) is -3.12. The smallest absolute Gasteiger partial charge is 0.254 e. The lowest BCUT2D eigenvalue weighted by Gasteiger charge is -1.46. The third-order valence-corrected chi connectivity index (χ3v) is 0.812. The van der Waals surface area contributed by atoms with Crippen molar-refractivity contribution in [3.05, 3.63) is 37.4 Å². The SMILES string of the molecule is Br.O=[SH](=O)O.c1c[nH]cn1.c1c[nH]cn1. The first-order valence-corrected chi connectivity index (χ1v) is 4.55. The number of hydrogen-bond donors (Lipinski definition) is 4. The molecule has 0 aliphatic rings. The summed E-state index contributed by atoms with van der Waals surface area (Å²) in [4.78, 5) is 12.8. The third kappa shape index (κ3) is 19.3. The number of H-pyrrole nitrogens is 2. The van der Waals surface area contributed by atoms with Crippen LogP contribution in [0.2, 0.25) is 0 Å². The minimum absolute atomic E-state index is 0. The van der Waals surface area contributed by atoms with Crippen LogP contribution >= 0.6 is 17.0 Å². The van der Waals surface area contributed by atoms with Crippen LogP contribution in [-0.4, -0.2) is 32.9 Å². The molecule has 0 radical (unpaired) electrons. The van der Waals surface area contributed by atoms with Gasteiger partial charge in [0, 0.05) is 24.8 Å². The molecule has 0 aromatic carbocycles. The summed E-state index contributed by atoms with van der Waals surface area (Å²) in [6.45, 7) is 0. The molecule has 9 heteroatoms. The summed E-state index contributed by atoms with van der Waals surface area (Å²) in [6, 6.07) is 0. The number of hydrogen-bond acceptors (Lipinski definition) is 4. The predicted octanol–water partition coefficient (Wildman–Crippen LogP) is 0.468.